The van der Waals surface area contributed by atoms with Crippen molar-refractivity contribution >= 4 is 15.7 Å². The quantitative estimate of drug-likeness (QED) is 0.908. The fourth-order valence-electron chi connectivity index (χ4n) is 2.23. The number of ether oxygens (including phenoxy) is 2. The molecule has 0 fully saturated rings. The molecule has 2 rings (SSSR count). The minimum absolute atomic E-state index is 0.0214. The first-order valence-electron chi connectivity index (χ1n) is 6.80. The Bertz CT molecular complexity index is 834. The molecule has 2 aromatic carbocycles. The van der Waals surface area contributed by atoms with Gasteiger partial charge >= 0.3 is 0 Å². The molecule has 0 unspecified atom stereocenters. The van der Waals surface area contributed by atoms with Gasteiger partial charge in [0.1, 0.15) is 17.3 Å². The number of halogens is 1. The molecule has 0 spiro atoms. The second-order valence-electron chi connectivity index (χ2n) is 4.99. The van der Waals surface area contributed by atoms with Gasteiger partial charge in [0.2, 0.25) is 0 Å². The normalized spacial score (nSPS) is 11.2. The Morgan fingerprint density at radius 3 is 2.30 bits per heavy atom. The van der Waals surface area contributed by atoms with Crippen molar-refractivity contribution in [1.82, 2.24) is 0 Å². The number of benzene rings is 2. The van der Waals surface area contributed by atoms with E-state index in [-0.39, 0.29) is 16.1 Å². The van der Waals surface area contributed by atoms with Gasteiger partial charge < -0.3 is 9.47 Å². The topological polar surface area (TPSA) is 64.6 Å². The van der Waals surface area contributed by atoms with Crippen LogP contribution in [0.1, 0.15) is 11.1 Å². The van der Waals surface area contributed by atoms with Gasteiger partial charge in [-0.25, -0.2) is 12.8 Å². The number of hydrogen-bond donors (Lipinski definition) is 1. The molecule has 23 heavy (non-hydrogen) atoms. The molecule has 2 aromatic rings. The van der Waals surface area contributed by atoms with Crippen molar-refractivity contribution < 1.29 is 22.3 Å². The zero-order valence-electron chi connectivity index (χ0n) is 13.3. The third-order valence-electron chi connectivity index (χ3n) is 3.46. The molecule has 0 aliphatic rings. The lowest BCUT2D eigenvalue weighted by Crippen LogP contribution is -2.14. The third-order valence-corrected chi connectivity index (χ3v) is 4.83. The molecule has 0 heterocycles. The summed E-state index contributed by atoms with van der Waals surface area (Å²) in [5.74, 6) is 0.496. The van der Waals surface area contributed by atoms with Crippen molar-refractivity contribution in [3.05, 3.63) is 47.3 Å². The van der Waals surface area contributed by atoms with Gasteiger partial charge in [-0.3, -0.25) is 4.72 Å². The molecule has 0 atom stereocenters. The summed E-state index contributed by atoms with van der Waals surface area (Å²) in [6.07, 6.45) is 0. The smallest absolute Gasteiger partial charge is 0.262 e. The molecule has 0 saturated heterocycles. The third kappa shape index (κ3) is 3.39. The summed E-state index contributed by atoms with van der Waals surface area (Å²) in [5.41, 5.74) is 1.21. The van der Waals surface area contributed by atoms with Crippen LogP contribution in [0.5, 0.6) is 11.5 Å². The molecule has 0 bridgehead atoms. The first-order chi connectivity index (χ1) is 10.8. The monoisotopic (exact) mass is 339 g/mol. The van der Waals surface area contributed by atoms with Gasteiger partial charge in [-0.1, -0.05) is 0 Å². The second-order valence-corrected chi connectivity index (χ2v) is 6.67. The van der Waals surface area contributed by atoms with Gasteiger partial charge in [0, 0.05) is 5.56 Å². The van der Waals surface area contributed by atoms with Crippen molar-refractivity contribution in [3.63, 3.8) is 0 Å². The summed E-state index contributed by atoms with van der Waals surface area (Å²) in [6, 6.07) is 6.82. The van der Waals surface area contributed by atoms with Gasteiger partial charge in [-0.15, -0.1) is 0 Å². The van der Waals surface area contributed by atoms with E-state index in [2.05, 4.69) is 4.72 Å². The molecular weight excluding hydrogens is 321 g/mol. The van der Waals surface area contributed by atoms with Crippen LogP contribution in [0.2, 0.25) is 0 Å². The van der Waals surface area contributed by atoms with Crippen LogP contribution in [0.4, 0.5) is 10.1 Å². The van der Waals surface area contributed by atoms with Crippen molar-refractivity contribution in [1.29, 1.82) is 0 Å². The van der Waals surface area contributed by atoms with Crippen molar-refractivity contribution in [3.8, 4) is 11.5 Å². The van der Waals surface area contributed by atoms with E-state index in [9.17, 15) is 12.8 Å². The number of aryl methyl sites for hydroxylation is 1. The number of nitrogens with one attached hydrogen (secondary N) is 1. The summed E-state index contributed by atoms with van der Waals surface area (Å²) in [7, 11) is -0.892. The summed E-state index contributed by atoms with van der Waals surface area (Å²) in [6.45, 7) is 3.27. The maximum Gasteiger partial charge on any atom is 0.262 e. The second kappa shape index (κ2) is 6.45. The first kappa shape index (κ1) is 17.1. The number of methoxy groups -OCH3 is 2. The Balaban J connectivity index is 2.45. The highest BCUT2D eigenvalue weighted by atomic mass is 32.2. The SMILES string of the molecule is COc1ccc(NS(=O)(=O)c2ccc(F)c(C)c2)c(OC)c1C. The van der Waals surface area contributed by atoms with Crippen LogP contribution >= 0.6 is 0 Å². The minimum Gasteiger partial charge on any atom is -0.496 e. The number of anilines is 1. The fraction of sp³-hybridized carbons (Fsp3) is 0.250. The summed E-state index contributed by atoms with van der Waals surface area (Å²) in [5, 5.41) is 0. The Kier molecular flexibility index (Phi) is 4.79. The van der Waals surface area contributed by atoms with Crippen LogP contribution in [-0.4, -0.2) is 22.6 Å². The largest absolute Gasteiger partial charge is 0.496 e. The predicted octanol–water partition coefficient (Wildman–Crippen LogP) is 3.26. The van der Waals surface area contributed by atoms with E-state index in [1.807, 2.05) is 0 Å². The summed E-state index contributed by atoms with van der Waals surface area (Å²) in [4.78, 5) is -0.0214. The van der Waals surface area contributed by atoms with Crippen LogP contribution in [0.3, 0.4) is 0 Å². The molecule has 0 aliphatic heterocycles. The molecule has 0 saturated carbocycles. The fourth-order valence-corrected chi connectivity index (χ4v) is 3.37. The Morgan fingerprint density at radius 2 is 1.74 bits per heavy atom. The van der Waals surface area contributed by atoms with E-state index in [1.54, 1.807) is 19.1 Å². The molecule has 0 aliphatic carbocycles. The molecule has 1 N–H and O–H groups in total. The van der Waals surface area contributed by atoms with Crippen molar-refractivity contribution in [2.45, 2.75) is 18.7 Å². The average molecular weight is 339 g/mol. The number of sulfonamides is 1. The van der Waals surface area contributed by atoms with Crippen LogP contribution in [-0.2, 0) is 10.0 Å². The molecule has 0 radical (unpaired) electrons. The highest BCUT2D eigenvalue weighted by Gasteiger charge is 2.19. The number of hydrogen-bond acceptors (Lipinski definition) is 4. The van der Waals surface area contributed by atoms with Crippen molar-refractivity contribution in [2.24, 2.45) is 0 Å². The molecule has 7 heteroatoms. The Morgan fingerprint density at radius 1 is 1.04 bits per heavy atom. The zero-order chi connectivity index (χ0) is 17.2. The lowest BCUT2D eigenvalue weighted by Gasteiger charge is -2.16. The zero-order valence-corrected chi connectivity index (χ0v) is 14.1. The van der Waals surface area contributed by atoms with E-state index in [0.29, 0.717) is 17.1 Å². The van der Waals surface area contributed by atoms with E-state index in [4.69, 9.17) is 9.47 Å². The minimum atomic E-state index is -3.86. The molecule has 0 amide bonds. The van der Waals surface area contributed by atoms with Crippen LogP contribution in [0, 0.1) is 19.7 Å². The highest BCUT2D eigenvalue weighted by molar-refractivity contribution is 7.92. The summed E-state index contributed by atoms with van der Waals surface area (Å²) < 4.78 is 51.2. The maximum absolute atomic E-state index is 13.3. The molecular formula is C16H18FNO4S. The summed E-state index contributed by atoms with van der Waals surface area (Å²) >= 11 is 0. The van der Waals surface area contributed by atoms with E-state index in [1.165, 1.54) is 33.3 Å². The predicted molar refractivity (Wildman–Crippen MR) is 86.2 cm³/mol. The molecule has 0 aromatic heterocycles. The van der Waals surface area contributed by atoms with Gasteiger partial charge in [-0.2, -0.15) is 0 Å². The standard InChI is InChI=1S/C16H18FNO4S/c1-10-9-12(5-6-13(10)17)23(19,20)18-14-7-8-15(21-3)11(2)16(14)22-4/h5-9,18H,1-4H3. The first-order valence-corrected chi connectivity index (χ1v) is 8.29. The molecule has 124 valence electrons. The van der Waals surface area contributed by atoms with E-state index < -0.39 is 15.8 Å². The number of rotatable bonds is 5. The highest BCUT2D eigenvalue weighted by Crippen LogP contribution is 2.36. The molecule has 5 nitrogen and oxygen atoms in total. The Labute approximate surface area is 135 Å². The van der Waals surface area contributed by atoms with Crippen LogP contribution < -0.4 is 14.2 Å². The van der Waals surface area contributed by atoms with Crippen LogP contribution in [0.25, 0.3) is 0 Å². The van der Waals surface area contributed by atoms with E-state index in [0.717, 1.165) is 6.07 Å². The maximum atomic E-state index is 13.3. The van der Waals surface area contributed by atoms with Gasteiger partial charge in [0.15, 0.2) is 0 Å². The average Bonchev–Trinajstić information content (AvgIpc) is 2.50. The Hall–Kier alpha value is -2.28. The van der Waals surface area contributed by atoms with Gasteiger partial charge in [-0.05, 0) is 49.7 Å². The van der Waals surface area contributed by atoms with Crippen molar-refractivity contribution in [2.75, 3.05) is 18.9 Å². The van der Waals surface area contributed by atoms with Gasteiger partial charge in [0.05, 0.1) is 24.8 Å². The van der Waals surface area contributed by atoms with E-state index >= 15 is 0 Å². The van der Waals surface area contributed by atoms with Gasteiger partial charge in [0.25, 0.3) is 10.0 Å². The van der Waals surface area contributed by atoms with Crippen LogP contribution in [0.15, 0.2) is 35.2 Å². The lowest BCUT2D eigenvalue weighted by atomic mass is 10.2. The lowest BCUT2D eigenvalue weighted by molar-refractivity contribution is 0.390.